The van der Waals surface area contributed by atoms with Crippen molar-refractivity contribution in [2.75, 3.05) is 20.7 Å². The first kappa shape index (κ1) is 17.4. The van der Waals surface area contributed by atoms with Crippen LogP contribution in [-0.4, -0.2) is 49.0 Å². The van der Waals surface area contributed by atoms with Gasteiger partial charge < -0.3 is 15.0 Å². The lowest BCUT2D eigenvalue weighted by Crippen LogP contribution is -2.38. The Morgan fingerprint density at radius 1 is 1.08 bits per heavy atom. The van der Waals surface area contributed by atoms with Crippen LogP contribution in [0.3, 0.4) is 0 Å². The fraction of sp³-hybridized carbons (Fsp3) is 0.294. The molecule has 0 atom stereocenters. The van der Waals surface area contributed by atoms with Crippen molar-refractivity contribution in [3.8, 4) is 0 Å². The van der Waals surface area contributed by atoms with Crippen molar-refractivity contribution in [3.63, 3.8) is 0 Å². The quantitative estimate of drug-likeness (QED) is 0.637. The van der Waals surface area contributed by atoms with Gasteiger partial charge in [-0.05, 0) is 6.92 Å². The van der Waals surface area contributed by atoms with Crippen LogP contribution in [0.15, 0.2) is 35.7 Å². The monoisotopic (exact) mass is 330 g/mol. The molecule has 0 radical (unpaired) electrons. The smallest absolute Gasteiger partial charge is 0.315 e. The number of benzene rings is 1. The van der Waals surface area contributed by atoms with Gasteiger partial charge in [-0.1, -0.05) is 24.3 Å². The van der Waals surface area contributed by atoms with Gasteiger partial charge in [0.25, 0.3) is 0 Å². The number of carbonyl (C=O) groups is 4. The largest absolute Gasteiger partial charge is 0.466 e. The van der Waals surface area contributed by atoms with Crippen LogP contribution in [0, 0.1) is 0 Å². The van der Waals surface area contributed by atoms with E-state index in [0.29, 0.717) is 0 Å². The molecular formula is C17H18N2O5. The van der Waals surface area contributed by atoms with Crippen molar-refractivity contribution in [2.45, 2.75) is 13.3 Å². The van der Waals surface area contributed by atoms with Gasteiger partial charge in [-0.25, -0.2) is 0 Å². The number of ketones is 2. The van der Waals surface area contributed by atoms with E-state index in [0.717, 1.165) is 0 Å². The summed E-state index contributed by atoms with van der Waals surface area (Å²) in [6.07, 6.45) is -0.527. The molecule has 7 nitrogen and oxygen atoms in total. The van der Waals surface area contributed by atoms with E-state index in [9.17, 15) is 19.2 Å². The molecule has 1 amide bonds. The van der Waals surface area contributed by atoms with Crippen molar-refractivity contribution < 1.29 is 23.9 Å². The zero-order chi connectivity index (χ0) is 17.9. The van der Waals surface area contributed by atoms with E-state index in [-0.39, 0.29) is 34.9 Å². The summed E-state index contributed by atoms with van der Waals surface area (Å²) in [5.74, 6) is -2.23. The highest BCUT2D eigenvalue weighted by Gasteiger charge is 2.34. The number of nitrogens with zero attached hydrogens (tertiary/aromatic N) is 1. The van der Waals surface area contributed by atoms with Crippen LogP contribution in [0.4, 0.5) is 0 Å². The number of likely N-dealkylation sites (N-methyl/N-ethyl adjacent to an activating group) is 1. The van der Waals surface area contributed by atoms with Crippen LogP contribution >= 0.6 is 0 Å². The van der Waals surface area contributed by atoms with Crippen LogP contribution in [0.2, 0.25) is 0 Å². The second kappa shape index (κ2) is 7.08. The molecule has 2 rings (SSSR count). The number of Topliss-reactive ketones (excluding diaryl/α,β-unsaturated/α-hetero) is 2. The molecule has 0 aliphatic heterocycles. The van der Waals surface area contributed by atoms with E-state index in [1.165, 1.54) is 11.0 Å². The number of nitrogens with one attached hydrogen (secondary N) is 1. The number of hydrogen-bond donors (Lipinski definition) is 1. The molecule has 1 N–H and O–H groups in total. The predicted molar refractivity (Wildman–Crippen MR) is 85.2 cm³/mol. The van der Waals surface area contributed by atoms with Gasteiger partial charge in [0.1, 0.15) is 17.8 Å². The summed E-state index contributed by atoms with van der Waals surface area (Å²) in [5.41, 5.74) is 0.461. The maximum absolute atomic E-state index is 12.7. The minimum atomic E-state index is -0.705. The first-order valence-corrected chi connectivity index (χ1v) is 7.42. The third kappa shape index (κ3) is 3.34. The van der Waals surface area contributed by atoms with E-state index >= 15 is 0 Å². The Bertz CT molecular complexity index is 749. The molecule has 0 spiro atoms. The van der Waals surface area contributed by atoms with Gasteiger partial charge in [-0.3, -0.25) is 19.2 Å². The average molecular weight is 330 g/mol. The molecule has 24 heavy (non-hydrogen) atoms. The van der Waals surface area contributed by atoms with Crippen molar-refractivity contribution in [1.82, 2.24) is 10.2 Å². The van der Waals surface area contributed by atoms with Crippen LogP contribution < -0.4 is 5.32 Å². The highest BCUT2D eigenvalue weighted by molar-refractivity contribution is 6.27. The number of amides is 1. The number of fused-ring (bicyclic) bond motifs is 1. The van der Waals surface area contributed by atoms with Gasteiger partial charge in [0, 0.05) is 25.2 Å². The zero-order valence-corrected chi connectivity index (χ0v) is 13.7. The molecule has 0 aromatic heterocycles. The molecule has 126 valence electrons. The lowest BCUT2D eigenvalue weighted by Gasteiger charge is -2.25. The van der Waals surface area contributed by atoms with Crippen molar-refractivity contribution in [3.05, 3.63) is 46.8 Å². The summed E-state index contributed by atoms with van der Waals surface area (Å²) in [7, 11) is 3.21. The number of allylic oxidation sites excluding steroid dienone is 2. The van der Waals surface area contributed by atoms with E-state index in [4.69, 9.17) is 4.74 Å². The molecule has 7 heteroatoms. The number of hydrogen-bond acceptors (Lipinski definition) is 6. The summed E-state index contributed by atoms with van der Waals surface area (Å²) in [6.45, 7) is 1.78. The Morgan fingerprint density at radius 2 is 1.67 bits per heavy atom. The van der Waals surface area contributed by atoms with E-state index in [1.54, 1.807) is 39.2 Å². The van der Waals surface area contributed by atoms with Crippen molar-refractivity contribution in [2.24, 2.45) is 0 Å². The van der Waals surface area contributed by atoms with Crippen molar-refractivity contribution >= 4 is 23.4 Å². The standard InChI is InChI=1S/C17H18N2O5/c1-4-24-13(21)9-12(20)18-14-15(19(2)3)17(23)11-8-6-5-7-10(11)16(14)22/h5-8H,4,9H2,1-3H3,(H,18,20). The number of rotatable bonds is 5. The molecule has 1 aromatic rings. The molecule has 1 aliphatic carbocycles. The average Bonchev–Trinajstić information content (AvgIpc) is 2.52. The van der Waals surface area contributed by atoms with Gasteiger partial charge in [0.05, 0.1) is 6.61 Å². The topological polar surface area (TPSA) is 92.8 Å². The number of carbonyl (C=O) groups excluding carboxylic acids is 4. The minimum Gasteiger partial charge on any atom is -0.466 e. The summed E-state index contributed by atoms with van der Waals surface area (Å²) in [4.78, 5) is 50.1. The third-order valence-corrected chi connectivity index (χ3v) is 3.42. The van der Waals surface area contributed by atoms with Gasteiger partial charge in [-0.2, -0.15) is 0 Å². The fourth-order valence-electron chi connectivity index (χ4n) is 2.43. The van der Waals surface area contributed by atoms with Crippen LogP contribution in [0.25, 0.3) is 0 Å². The van der Waals surface area contributed by atoms with Gasteiger partial charge >= 0.3 is 5.97 Å². The van der Waals surface area contributed by atoms with Crippen LogP contribution in [-0.2, 0) is 14.3 Å². The van der Waals surface area contributed by atoms with E-state index < -0.39 is 24.1 Å². The van der Waals surface area contributed by atoms with E-state index in [2.05, 4.69) is 5.32 Å². The second-order valence-corrected chi connectivity index (χ2v) is 5.35. The summed E-state index contributed by atoms with van der Waals surface area (Å²) >= 11 is 0. The highest BCUT2D eigenvalue weighted by Crippen LogP contribution is 2.26. The SMILES string of the molecule is CCOC(=O)CC(=O)NC1=C(N(C)C)C(=O)c2ccccc2C1=O. The zero-order valence-electron chi connectivity index (χ0n) is 13.7. The van der Waals surface area contributed by atoms with Crippen LogP contribution in [0.1, 0.15) is 34.1 Å². The fourth-order valence-corrected chi connectivity index (χ4v) is 2.43. The number of ether oxygens (including phenoxy) is 1. The van der Waals surface area contributed by atoms with E-state index in [1.807, 2.05) is 0 Å². The van der Waals surface area contributed by atoms with Gasteiger partial charge in [-0.15, -0.1) is 0 Å². The molecule has 0 saturated heterocycles. The van der Waals surface area contributed by atoms with Gasteiger partial charge in [0.15, 0.2) is 0 Å². The molecule has 0 fully saturated rings. The summed E-state index contributed by atoms with van der Waals surface area (Å²) < 4.78 is 4.70. The molecular weight excluding hydrogens is 312 g/mol. The second-order valence-electron chi connectivity index (χ2n) is 5.35. The lowest BCUT2D eigenvalue weighted by atomic mass is 9.90. The maximum Gasteiger partial charge on any atom is 0.315 e. The molecule has 0 bridgehead atoms. The Hall–Kier alpha value is -2.96. The van der Waals surface area contributed by atoms with Crippen LogP contribution in [0.5, 0.6) is 0 Å². The first-order valence-electron chi connectivity index (χ1n) is 7.42. The van der Waals surface area contributed by atoms with Gasteiger partial charge in [0.2, 0.25) is 17.5 Å². The van der Waals surface area contributed by atoms with Crippen molar-refractivity contribution in [1.29, 1.82) is 0 Å². The Labute approximate surface area is 139 Å². The maximum atomic E-state index is 12.7. The molecule has 0 heterocycles. The molecule has 1 aliphatic rings. The Balaban J connectivity index is 2.36. The highest BCUT2D eigenvalue weighted by atomic mass is 16.5. The number of esters is 1. The molecule has 1 aromatic carbocycles. The Morgan fingerprint density at radius 3 is 2.21 bits per heavy atom. The molecule has 0 unspecified atom stereocenters. The summed E-state index contributed by atoms with van der Waals surface area (Å²) in [5, 5.41) is 2.39. The normalized spacial score (nSPS) is 13.5. The lowest BCUT2D eigenvalue weighted by molar-refractivity contribution is -0.145. The molecule has 0 saturated carbocycles. The third-order valence-electron chi connectivity index (χ3n) is 3.42. The summed E-state index contributed by atoms with van der Waals surface area (Å²) in [6, 6.07) is 6.40. The Kier molecular flexibility index (Phi) is 5.13. The first-order chi connectivity index (χ1) is 11.4. The minimum absolute atomic E-state index is 0.0795. The predicted octanol–water partition coefficient (Wildman–Crippen LogP) is 0.908.